The Morgan fingerprint density at radius 2 is 2.00 bits per heavy atom. The van der Waals surface area contributed by atoms with Gasteiger partial charge in [0.2, 0.25) is 11.7 Å². The number of carbonyl (C=O) groups is 1. The van der Waals surface area contributed by atoms with Gasteiger partial charge in [0.25, 0.3) is 0 Å². The summed E-state index contributed by atoms with van der Waals surface area (Å²) in [5, 5.41) is 8.96. The van der Waals surface area contributed by atoms with Gasteiger partial charge in [0, 0.05) is 15.1 Å². The standard InChI is InChI=1S/C11H4BrClF3NO3/c12-5-1-4(2-6(13)3-5)9-17-8(11(14,15)16)7(20-9)10(18)19/h1-3H,(H,18,19). The van der Waals surface area contributed by atoms with E-state index in [2.05, 4.69) is 25.3 Å². The van der Waals surface area contributed by atoms with Gasteiger partial charge in [-0.1, -0.05) is 27.5 Å². The lowest BCUT2D eigenvalue weighted by molar-refractivity contribution is -0.141. The lowest BCUT2D eigenvalue weighted by Crippen LogP contribution is -2.11. The zero-order valence-electron chi connectivity index (χ0n) is 9.33. The van der Waals surface area contributed by atoms with Crippen molar-refractivity contribution in [3.05, 3.63) is 39.1 Å². The molecular formula is C11H4BrClF3NO3. The molecule has 0 aliphatic carbocycles. The number of nitrogens with zero attached hydrogens (tertiary/aromatic N) is 1. The van der Waals surface area contributed by atoms with Crippen LogP contribution in [0.3, 0.4) is 0 Å². The monoisotopic (exact) mass is 369 g/mol. The Balaban J connectivity index is 2.62. The molecule has 0 saturated carbocycles. The molecule has 0 atom stereocenters. The number of hydrogen-bond donors (Lipinski definition) is 1. The van der Waals surface area contributed by atoms with E-state index in [9.17, 15) is 18.0 Å². The summed E-state index contributed by atoms with van der Waals surface area (Å²) < 4.78 is 43.2. The number of aromatic carboxylic acids is 1. The molecule has 0 aliphatic heterocycles. The first kappa shape index (κ1) is 14.9. The Labute approximate surface area is 123 Å². The predicted octanol–water partition coefficient (Wildman–Crippen LogP) is 4.47. The van der Waals surface area contributed by atoms with E-state index >= 15 is 0 Å². The fourth-order valence-electron chi connectivity index (χ4n) is 1.46. The van der Waals surface area contributed by atoms with Gasteiger partial charge in [-0.15, -0.1) is 0 Å². The van der Waals surface area contributed by atoms with Gasteiger partial charge in [0.05, 0.1) is 0 Å². The highest BCUT2D eigenvalue weighted by Gasteiger charge is 2.41. The van der Waals surface area contributed by atoms with Crippen LogP contribution in [0.2, 0.25) is 5.02 Å². The van der Waals surface area contributed by atoms with E-state index in [4.69, 9.17) is 16.7 Å². The van der Waals surface area contributed by atoms with Crippen LogP contribution in [-0.4, -0.2) is 16.1 Å². The van der Waals surface area contributed by atoms with Gasteiger partial charge in [-0.2, -0.15) is 13.2 Å². The number of carboxylic acids is 1. The minimum atomic E-state index is -4.93. The number of hydrogen-bond acceptors (Lipinski definition) is 3. The van der Waals surface area contributed by atoms with Gasteiger partial charge < -0.3 is 9.52 Å². The molecule has 0 radical (unpaired) electrons. The van der Waals surface area contributed by atoms with Gasteiger partial charge in [-0.3, -0.25) is 0 Å². The van der Waals surface area contributed by atoms with E-state index in [1.54, 1.807) is 0 Å². The molecule has 1 aromatic carbocycles. The number of halogens is 5. The topological polar surface area (TPSA) is 63.3 Å². The van der Waals surface area contributed by atoms with Crippen LogP contribution in [0.4, 0.5) is 13.2 Å². The van der Waals surface area contributed by atoms with Gasteiger partial charge in [0.1, 0.15) is 0 Å². The summed E-state index contributed by atoms with van der Waals surface area (Å²) in [6.45, 7) is 0. The highest BCUT2D eigenvalue weighted by atomic mass is 79.9. The van der Waals surface area contributed by atoms with Gasteiger partial charge >= 0.3 is 12.1 Å². The molecule has 0 aliphatic rings. The maximum Gasteiger partial charge on any atom is 0.437 e. The third-order valence-corrected chi connectivity index (χ3v) is 2.88. The summed E-state index contributed by atoms with van der Waals surface area (Å²) in [6, 6.07) is 4.23. The second kappa shape index (κ2) is 5.10. The smallest absolute Gasteiger partial charge is 0.437 e. The molecule has 1 heterocycles. The Bertz CT molecular complexity index is 664. The quantitative estimate of drug-likeness (QED) is 0.847. The Morgan fingerprint density at radius 1 is 1.35 bits per heavy atom. The molecule has 1 N–H and O–H groups in total. The number of alkyl halides is 3. The average Bonchev–Trinajstić information content (AvgIpc) is 2.71. The van der Waals surface area contributed by atoms with Crippen molar-refractivity contribution < 1.29 is 27.5 Å². The molecule has 106 valence electrons. The van der Waals surface area contributed by atoms with E-state index in [0.29, 0.717) is 4.47 Å². The molecule has 0 bridgehead atoms. The van der Waals surface area contributed by atoms with Crippen LogP contribution in [0.5, 0.6) is 0 Å². The fraction of sp³-hybridized carbons (Fsp3) is 0.0909. The van der Waals surface area contributed by atoms with E-state index in [1.807, 2.05) is 0 Å². The summed E-state index contributed by atoms with van der Waals surface area (Å²) >= 11 is 8.87. The van der Waals surface area contributed by atoms with Crippen molar-refractivity contribution in [3.8, 4) is 11.5 Å². The normalized spacial score (nSPS) is 11.7. The summed E-state index contributed by atoms with van der Waals surface area (Å²) in [5.74, 6) is -3.58. The molecule has 0 spiro atoms. The second-order valence-corrected chi connectivity index (χ2v) is 5.01. The van der Waals surface area contributed by atoms with Crippen LogP contribution in [0.25, 0.3) is 11.5 Å². The second-order valence-electron chi connectivity index (χ2n) is 3.66. The minimum Gasteiger partial charge on any atom is -0.475 e. The molecule has 2 aromatic rings. The highest BCUT2D eigenvalue weighted by Crippen LogP contribution is 2.35. The molecule has 20 heavy (non-hydrogen) atoms. The third-order valence-electron chi connectivity index (χ3n) is 2.20. The van der Waals surface area contributed by atoms with Crippen LogP contribution in [0.1, 0.15) is 16.2 Å². The first-order valence-corrected chi connectivity index (χ1v) is 6.13. The van der Waals surface area contributed by atoms with E-state index in [-0.39, 0.29) is 10.6 Å². The molecule has 2 rings (SSSR count). The van der Waals surface area contributed by atoms with E-state index in [1.165, 1.54) is 18.2 Å². The largest absolute Gasteiger partial charge is 0.475 e. The average molecular weight is 371 g/mol. The first-order valence-electron chi connectivity index (χ1n) is 4.96. The lowest BCUT2D eigenvalue weighted by Gasteiger charge is -2.01. The van der Waals surface area contributed by atoms with E-state index < -0.39 is 29.5 Å². The maximum atomic E-state index is 12.7. The van der Waals surface area contributed by atoms with Gasteiger partial charge in [-0.25, -0.2) is 9.78 Å². The zero-order valence-corrected chi connectivity index (χ0v) is 11.7. The minimum absolute atomic E-state index is 0.127. The SMILES string of the molecule is O=C(O)c1oc(-c2cc(Cl)cc(Br)c2)nc1C(F)(F)F. The molecule has 0 fully saturated rings. The summed E-state index contributed by atoms with van der Waals surface area (Å²) in [5.41, 5.74) is -1.46. The van der Waals surface area contributed by atoms with Crippen LogP contribution >= 0.6 is 27.5 Å². The third kappa shape index (κ3) is 2.96. The van der Waals surface area contributed by atoms with Crippen LogP contribution in [-0.2, 0) is 6.18 Å². The van der Waals surface area contributed by atoms with Crippen LogP contribution in [0.15, 0.2) is 27.1 Å². The Morgan fingerprint density at radius 3 is 2.45 bits per heavy atom. The number of carboxylic acid groups (broad SMARTS) is 1. The maximum absolute atomic E-state index is 12.7. The fourth-order valence-corrected chi connectivity index (χ4v) is 2.32. The predicted molar refractivity (Wildman–Crippen MR) is 66.6 cm³/mol. The molecule has 4 nitrogen and oxygen atoms in total. The van der Waals surface area contributed by atoms with Crippen LogP contribution < -0.4 is 0 Å². The van der Waals surface area contributed by atoms with Crippen molar-refractivity contribution in [2.45, 2.75) is 6.18 Å². The molecular weight excluding hydrogens is 366 g/mol. The number of benzene rings is 1. The number of rotatable bonds is 2. The lowest BCUT2D eigenvalue weighted by atomic mass is 10.2. The van der Waals surface area contributed by atoms with Crippen molar-refractivity contribution in [2.24, 2.45) is 0 Å². The van der Waals surface area contributed by atoms with Crippen molar-refractivity contribution in [1.29, 1.82) is 0 Å². The zero-order chi connectivity index (χ0) is 15.1. The van der Waals surface area contributed by atoms with Crippen molar-refractivity contribution >= 4 is 33.5 Å². The highest BCUT2D eigenvalue weighted by molar-refractivity contribution is 9.10. The van der Waals surface area contributed by atoms with Crippen molar-refractivity contribution in [2.75, 3.05) is 0 Å². The summed E-state index contributed by atoms with van der Waals surface area (Å²) in [7, 11) is 0. The Kier molecular flexibility index (Phi) is 3.79. The Hall–Kier alpha value is -1.54. The van der Waals surface area contributed by atoms with Gasteiger partial charge in [0.15, 0.2) is 5.69 Å². The summed E-state index contributed by atoms with van der Waals surface area (Å²) in [6.07, 6.45) is -4.93. The number of aromatic nitrogens is 1. The molecule has 0 saturated heterocycles. The molecule has 0 amide bonds. The first-order chi connectivity index (χ1) is 9.18. The molecule has 1 aromatic heterocycles. The molecule has 0 unspecified atom stereocenters. The molecule has 9 heteroatoms. The summed E-state index contributed by atoms with van der Waals surface area (Å²) in [4.78, 5) is 14.0. The number of oxazole rings is 1. The van der Waals surface area contributed by atoms with E-state index in [0.717, 1.165) is 0 Å². The van der Waals surface area contributed by atoms with Gasteiger partial charge in [-0.05, 0) is 18.2 Å². The van der Waals surface area contributed by atoms with Crippen molar-refractivity contribution in [3.63, 3.8) is 0 Å². The van der Waals surface area contributed by atoms with Crippen LogP contribution in [0, 0.1) is 0 Å². The van der Waals surface area contributed by atoms with Crippen molar-refractivity contribution in [1.82, 2.24) is 4.98 Å².